The lowest BCUT2D eigenvalue weighted by molar-refractivity contribution is 0.102. The zero-order chi connectivity index (χ0) is 16.4. The maximum absolute atomic E-state index is 12.3. The number of hydrogen-bond donors (Lipinski definition) is 1. The first kappa shape index (κ1) is 16.7. The lowest BCUT2D eigenvalue weighted by Gasteiger charge is -2.04. The highest BCUT2D eigenvalue weighted by atomic mass is 127. The molecule has 0 fully saturated rings. The van der Waals surface area contributed by atoms with E-state index >= 15 is 0 Å². The molecule has 3 nitrogen and oxygen atoms in total. The second kappa shape index (κ2) is 7.17. The van der Waals surface area contributed by atoms with Crippen LogP contribution in [0.3, 0.4) is 0 Å². The molecular weight excluding hydrogens is 466 g/mol. The molecular formula is C16H9Cl2IN2OS. The highest BCUT2D eigenvalue weighted by Crippen LogP contribution is 2.32. The molecule has 7 heteroatoms. The molecule has 1 heterocycles. The number of carbonyl (C=O) groups excluding carboxylic acids is 1. The topological polar surface area (TPSA) is 42.0 Å². The summed E-state index contributed by atoms with van der Waals surface area (Å²) in [6.45, 7) is 0. The number of nitrogens with zero attached hydrogens (tertiary/aromatic N) is 1. The molecule has 0 saturated carbocycles. The number of hydrogen-bond acceptors (Lipinski definition) is 3. The summed E-state index contributed by atoms with van der Waals surface area (Å²) in [7, 11) is 0. The summed E-state index contributed by atoms with van der Waals surface area (Å²) < 4.78 is 0.886. The first-order chi connectivity index (χ1) is 11.0. The fraction of sp³-hybridized carbons (Fsp3) is 0. The van der Waals surface area contributed by atoms with Crippen molar-refractivity contribution in [3.8, 4) is 11.3 Å². The van der Waals surface area contributed by atoms with Crippen LogP contribution in [-0.2, 0) is 0 Å². The Balaban J connectivity index is 1.84. The van der Waals surface area contributed by atoms with Crippen molar-refractivity contribution >= 4 is 68.2 Å². The molecule has 0 aliphatic carbocycles. The third kappa shape index (κ3) is 3.85. The molecule has 0 unspecified atom stereocenters. The van der Waals surface area contributed by atoms with Gasteiger partial charge >= 0.3 is 0 Å². The summed E-state index contributed by atoms with van der Waals surface area (Å²) in [5, 5.41) is 6.31. The van der Waals surface area contributed by atoms with Gasteiger partial charge in [-0.05, 0) is 52.9 Å². The summed E-state index contributed by atoms with van der Waals surface area (Å²) in [5.74, 6) is -0.187. The first-order valence-corrected chi connectivity index (χ1v) is 9.23. The number of halogens is 3. The van der Waals surface area contributed by atoms with E-state index < -0.39 is 0 Å². The van der Waals surface area contributed by atoms with Crippen molar-refractivity contribution in [2.45, 2.75) is 0 Å². The zero-order valence-electron chi connectivity index (χ0n) is 11.5. The Labute approximate surface area is 160 Å². The summed E-state index contributed by atoms with van der Waals surface area (Å²) in [6.07, 6.45) is 0. The molecule has 0 aliphatic rings. The number of nitrogens with one attached hydrogen (secondary N) is 1. The van der Waals surface area contributed by atoms with Crippen molar-refractivity contribution in [3.63, 3.8) is 0 Å². The van der Waals surface area contributed by atoms with E-state index in [9.17, 15) is 4.79 Å². The Morgan fingerprint density at radius 2 is 1.96 bits per heavy atom. The Kier molecular flexibility index (Phi) is 5.21. The van der Waals surface area contributed by atoms with Gasteiger partial charge in [0.2, 0.25) is 0 Å². The van der Waals surface area contributed by atoms with E-state index in [2.05, 4.69) is 32.9 Å². The highest BCUT2D eigenvalue weighted by Gasteiger charge is 2.13. The predicted octanol–water partition coefficient (Wildman–Crippen LogP) is 5.97. The third-order valence-electron chi connectivity index (χ3n) is 3.05. The van der Waals surface area contributed by atoms with Gasteiger partial charge in [-0.2, -0.15) is 0 Å². The van der Waals surface area contributed by atoms with Gasteiger partial charge in [-0.15, -0.1) is 11.3 Å². The van der Waals surface area contributed by atoms with Crippen molar-refractivity contribution in [3.05, 3.63) is 67.0 Å². The van der Waals surface area contributed by atoms with Crippen LogP contribution in [0.5, 0.6) is 0 Å². The van der Waals surface area contributed by atoms with Crippen LogP contribution in [0.1, 0.15) is 10.4 Å². The van der Waals surface area contributed by atoms with Gasteiger partial charge in [0.05, 0.1) is 16.3 Å². The fourth-order valence-electron chi connectivity index (χ4n) is 1.96. The third-order valence-corrected chi connectivity index (χ3v) is 5.31. The number of thiazole rings is 1. The molecule has 1 amide bonds. The van der Waals surface area contributed by atoms with Gasteiger partial charge in [-0.25, -0.2) is 4.98 Å². The van der Waals surface area contributed by atoms with E-state index in [1.165, 1.54) is 11.3 Å². The summed E-state index contributed by atoms with van der Waals surface area (Å²) in [4.78, 5) is 16.7. The minimum atomic E-state index is -0.187. The average Bonchev–Trinajstić information content (AvgIpc) is 2.98. The summed E-state index contributed by atoms with van der Waals surface area (Å²) >= 11 is 15.7. The quantitative estimate of drug-likeness (QED) is 0.475. The number of rotatable bonds is 3. The van der Waals surface area contributed by atoms with Crippen molar-refractivity contribution in [2.24, 2.45) is 0 Å². The van der Waals surface area contributed by atoms with Crippen LogP contribution < -0.4 is 5.32 Å². The SMILES string of the molecule is O=C(Nc1nc(-c2cc(Cl)ccc2Cl)cs1)c1ccccc1I. The number of anilines is 1. The maximum atomic E-state index is 12.3. The van der Waals surface area contributed by atoms with E-state index in [1.54, 1.807) is 24.3 Å². The van der Waals surface area contributed by atoms with E-state index in [-0.39, 0.29) is 5.91 Å². The average molecular weight is 475 g/mol. The van der Waals surface area contributed by atoms with E-state index in [1.807, 2.05) is 23.6 Å². The molecule has 0 atom stereocenters. The molecule has 1 N–H and O–H groups in total. The number of benzene rings is 2. The van der Waals surface area contributed by atoms with Gasteiger partial charge in [0, 0.05) is 19.5 Å². The van der Waals surface area contributed by atoms with Crippen molar-refractivity contribution in [1.29, 1.82) is 0 Å². The zero-order valence-corrected chi connectivity index (χ0v) is 16.0. The highest BCUT2D eigenvalue weighted by molar-refractivity contribution is 14.1. The van der Waals surface area contributed by atoms with E-state index in [0.29, 0.717) is 26.4 Å². The van der Waals surface area contributed by atoms with Crippen molar-refractivity contribution < 1.29 is 4.79 Å². The van der Waals surface area contributed by atoms with Gasteiger partial charge in [0.15, 0.2) is 5.13 Å². The smallest absolute Gasteiger partial charge is 0.258 e. The van der Waals surface area contributed by atoms with Gasteiger partial charge in [0.1, 0.15) is 0 Å². The van der Waals surface area contributed by atoms with Gasteiger partial charge < -0.3 is 0 Å². The van der Waals surface area contributed by atoms with Crippen molar-refractivity contribution in [1.82, 2.24) is 4.98 Å². The van der Waals surface area contributed by atoms with Crippen LogP contribution >= 0.6 is 57.1 Å². The molecule has 0 aliphatic heterocycles. The lowest BCUT2D eigenvalue weighted by Crippen LogP contribution is -2.13. The van der Waals surface area contributed by atoms with Crippen LogP contribution in [0, 0.1) is 3.57 Å². The second-order valence-electron chi connectivity index (χ2n) is 4.60. The number of amides is 1. The summed E-state index contributed by atoms with van der Waals surface area (Å²) in [5.41, 5.74) is 2.04. The minimum Gasteiger partial charge on any atom is -0.298 e. The van der Waals surface area contributed by atoms with Crippen LogP contribution in [0.25, 0.3) is 11.3 Å². The Morgan fingerprint density at radius 1 is 1.17 bits per heavy atom. The lowest BCUT2D eigenvalue weighted by atomic mass is 10.2. The monoisotopic (exact) mass is 474 g/mol. The molecule has 3 rings (SSSR count). The molecule has 23 heavy (non-hydrogen) atoms. The number of aromatic nitrogens is 1. The standard InChI is InChI=1S/C16H9Cl2IN2OS/c17-9-5-6-12(18)11(7-9)14-8-23-16(20-14)21-15(22)10-3-1-2-4-13(10)19/h1-8H,(H,20,21,22). The molecule has 2 aromatic carbocycles. The molecule has 116 valence electrons. The Hall–Kier alpha value is -1.15. The normalized spacial score (nSPS) is 10.6. The van der Waals surface area contributed by atoms with Gasteiger partial charge in [-0.1, -0.05) is 35.3 Å². The molecule has 0 saturated heterocycles. The van der Waals surface area contributed by atoms with E-state index in [4.69, 9.17) is 23.2 Å². The van der Waals surface area contributed by atoms with Crippen LogP contribution in [-0.4, -0.2) is 10.9 Å². The molecule has 3 aromatic rings. The maximum Gasteiger partial charge on any atom is 0.258 e. The molecule has 0 radical (unpaired) electrons. The Bertz CT molecular complexity index is 882. The molecule has 0 bridgehead atoms. The van der Waals surface area contributed by atoms with E-state index in [0.717, 1.165) is 9.13 Å². The van der Waals surface area contributed by atoms with Crippen molar-refractivity contribution in [2.75, 3.05) is 5.32 Å². The second-order valence-corrected chi connectivity index (χ2v) is 7.46. The fourth-order valence-corrected chi connectivity index (χ4v) is 3.68. The van der Waals surface area contributed by atoms with Crippen LogP contribution in [0.2, 0.25) is 10.0 Å². The molecule has 1 aromatic heterocycles. The largest absolute Gasteiger partial charge is 0.298 e. The minimum absolute atomic E-state index is 0.187. The van der Waals surface area contributed by atoms with Crippen LogP contribution in [0.15, 0.2) is 47.8 Å². The van der Waals surface area contributed by atoms with Gasteiger partial charge in [-0.3, -0.25) is 10.1 Å². The summed E-state index contributed by atoms with van der Waals surface area (Å²) in [6, 6.07) is 12.6. The predicted molar refractivity (Wildman–Crippen MR) is 105 cm³/mol. The van der Waals surface area contributed by atoms with Gasteiger partial charge in [0.25, 0.3) is 5.91 Å². The molecule has 0 spiro atoms. The number of carbonyl (C=O) groups is 1. The first-order valence-electron chi connectivity index (χ1n) is 6.51. The van der Waals surface area contributed by atoms with Crippen LogP contribution in [0.4, 0.5) is 5.13 Å². The Morgan fingerprint density at radius 3 is 2.74 bits per heavy atom.